The molecule has 9 heteroatoms. The van der Waals surface area contributed by atoms with Crippen molar-refractivity contribution in [1.29, 1.82) is 0 Å². The van der Waals surface area contributed by atoms with Crippen LogP contribution in [0.2, 0.25) is 0 Å². The monoisotopic (exact) mass is 723 g/mol. The number of hydrogen-bond donors (Lipinski definition) is 2. The van der Waals surface area contributed by atoms with Gasteiger partial charge in [-0.15, -0.1) is 0 Å². The second-order valence-electron chi connectivity index (χ2n) is 14.3. The Morgan fingerprint density at radius 1 is 0.700 bits per heavy atom. The first-order valence-electron chi connectivity index (χ1n) is 19.7. The van der Waals surface area contributed by atoms with Gasteiger partial charge in [0.05, 0.1) is 39.9 Å². The third-order valence-corrected chi connectivity index (χ3v) is 9.17. The molecule has 50 heavy (non-hydrogen) atoms. The van der Waals surface area contributed by atoms with Crippen LogP contribution in [0.25, 0.3) is 0 Å². The Kier molecular flexibility index (Phi) is 31.9. The molecule has 0 spiro atoms. The van der Waals surface area contributed by atoms with Crippen LogP contribution in [-0.2, 0) is 18.4 Å². The first kappa shape index (κ1) is 48.2. The van der Waals surface area contributed by atoms with Gasteiger partial charge in [0.1, 0.15) is 13.2 Å². The van der Waals surface area contributed by atoms with Crippen molar-refractivity contribution in [2.45, 2.75) is 154 Å². The van der Waals surface area contributed by atoms with Crippen LogP contribution in [0, 0.1) is 0 Å². The smallest absolute Gasteiger partial charge is 0.268 e. The number of rotatable bonds is 34. The van der Waals surface area contributed by atoms with Crippen molar-refractivity contribution in [2.24, 2.45) is 0 Å². The van der Waals surface area contributed by atoms with E-state index < -0.39 is 26.6 Å². The molecule has 0 aliphatic rings. The first-order chi connectivity index (χ1) is 24.0. The van der Waals surface area contributed by atoms with Crippen molar-refractivity contribution in [3.8, 4) is 0 Å². The molecule has 0 aliphatic heterocycles. The Morgan fingerprint density at radius 2 is 1.18 bits per heavy atom. The molecule has 0 aromatic carbocycles. The van der Waals surface area contributed by atoms with Gasteiger partial charge in [-0.2, -0.15) is 0 Å². The van der Waals surface area contributed by atoms with Gasteiger partial charge in [-0.25, -0.2) is 0 Å². The van der Waals surface area contributed by atoms with E-state index in [9.17, 15) is 19.4 Å². The fourth-order valence-electron chi connectivity index (χ4n) is 4.99. The van der Waals surface area contributed by atoms with Crippen LogP contribution < -0.4 is 10.2 Å². The zero-order chi connectivity index (χ0) is 37.2. The number of likely N-dealkylation sites (N-methyl/N-ethyl adjacent to an activating group) is 1. The molecule has 0 aromatic heterocycles. The van der Waals surface area contributed by atoms with E-state index in [0.29, 0.717) is 17.4 Å². The van der Waals surface area contributed by atoms with Crippen LogP contribution in [0.5, 0.6) is 0 Å². The van der Waals surface area contributed by atoms with Crippen LogP contribution >= 0.6 is 7.82 Å². The third kappa shape index (κ3) is 34.6. The Morgan fingerprint density at radius 3 is 1.74 bits per heavy atom. The molecule has 3 atom stereocenters. The molecule has 0 fully saturated rings. The molecule has 0 saturated carbocycles. The van der Waals surface area contributed by atoms with Gasteiger partial charge in [-0.3, -0.25) is 9.36 Å². The summed E-state index contributed by atoms with van der Waals surface area (Å²) in [4.78, 5) is 25.2. The number of unbranched alkanes of at least 4 members (excludes halogenated alkanes) is 14. The topological polar surface area (TPSA) is 108 Å². The standard InChI is InChI=1S/C41H75N2O6P/c1-6-8-10-12-14-16-18-20-21-23-25-27-29-31-33-35-41(45)42-39(38-49-50(46,47)48-37-36-43(3,4)5)40(44)34-32-30-28-26-24-22-19-17-15-13-11-9-7-2/h14-18,20,24,26,32,34,39-40,44H,6-13,19,21-23,25,27-31,33,35-38H2,1-5H3,(H-,42,45,46,47)/b16-14-,17-15+,20-18-,26-24+,34-32+. The molecular weight excluding hydrogens is 647 g/mol. The second kappa shape index (κ2) is 33.1. The minimum absolute atomic E-state index is 0.0141. The first-order valence-corrected chi connectivity index (χ1v) is 21.1. The van der Waals surface area contributed by atoms with E-state index in [4.69, 9.17) is 9.05 Å². The zero-order valence-electron chi connectivity index (χ0n) is 32.6. The number of carbonyl (C=O) groups is 1. The number of aliphatic hydroxyl groups is 1. The van der Waals surface area contributed by atoms with Gasteiger partial charge in [-0.1, -0.05) is 126 Å². The molecule has 290 valence electrons. The molecule has 0 heterocycles. The Balaban J connectivity index is 4.62. The molecule has 0 rings (SSSR count). The van der Waals surface area contributed by atoms with E-state index in [2.05, 4.69) is 67.8 Å². The van der Waals surface area contributed by atoms with Gasteiger partial charge < -0.3 is 28.8 Å². The third-order valence-electron chi connectivity index (χ3n) is 8.21. The summed E-state index contributed by atoms with van der Waals surface area (Å²) >= 11 is 0. The van der Waals surface area contributed by atoms with Crippen LogP contribution in [0.1, 0.15) is 142 Å². The zero-order valence-corrected chi connectivity index (χ0v) is 33.5. The van der Waals surface area contributed by atoms with Gasteiger partial charge >= 0.3 is 0 Å². The number of phosphoric ester groups is 1. The number of aliphatic hydroxyl groups excluding tert-OH is 1. The molecule has 1 amide bonds. The predicted molar refractivity (Wildman–Crippen MR) is 210 cm³/mol. The van der Waals surface area contributed by atoms with Crippen molar-refractivity contribution in [3.05, 3.63) is 60.8 Å². The van der Waals surface area contributed by atoms with Crippen molar-refractivity contribution in [3.63, 3.8) is 0 Å². The number of hydrogen-bond acceptors (Lipinski definition) is 6. The highest BCUT2D eigenvalue weighted by Crippen LogP contribution is 2.38. The Hall–Kier alpha value is -1.80. The fourth-order valence-corrected chi connectivity index (χ4v) is 5.72. The van der Waals surface area contributed by atoms with Crippen LogP contribution in [0.15, 0.2) is 60.8 Å². The fraction of sp³-hybridized carbons (Fsp3) is 0.732. The number of quaternary nitrogens is 1. The molecule has 0 aliphatic carbocycles. The number of allylic oxidation sites excluding steroid dienone is 9. The largest absolute Gasteiger partial charge is 0.756 e. The van der Waals surface area contributed by atoms with Crippen LogP contribution in [-0.4, -0.2) is 68.5 Å². The van der Waals surface area contributed by atoms with Crippen molar-refractivity contribution in [2.75, 3.05) is 40.9 Å². The SMILES string of the molecule is CCCCC/C=C\C=C/CCCCCCCCC(=O)NC(COP(=O)([O-])OCC[N+](C)(C)C)C(O)/C=C/CC/C=C/CC/C=C/CCCCC. The maximum absolute atomic E-state index is 12.8. The van der Waals surface area contributed by atoms with E-state index in [1.54, 1.807) is 6.08 Å². The summed E-state index contributed by atoms with van der Waals surface area (Å²) in [5.74, 6) is -0.229. The Bertz CT molecular complexity index is 1000. The van der Waals surface area contributed by atoms with E-state index in [1.807, 2.05) is 27.2 Å². The lowest BCUT2D eigenvalue weighted by Crippen LogP contribution is -2.45. The minimum atomic E-state index is -4.60. The van der Waals surface area contributed by atoms with Gasteiger partial charge in [-0.05, 0) is 70.6 Å². The average Bonchev–Trinajstić information content (AvgIpc) is 3.06. The normalized spacial score (nSPS) is 15.3. The average molecular weight is 723 g/mol. The van der Waals surface area contributed by atoms with Crippen LogP contribution in [0.4, 0.5) is 0 Å². The summed E-state index contributed by atoms with van der Waals surface area (Å²) in [6.07, 6.45) is 41.2. The summed E-state index contributed by atoms with van der Waals surface area (Å²) in [5.41, 5.74) is 0. The molecule has 8 nitrogen and oxygen atoms in total. The molecule has 0 saturated heterocycles. The highest BCUT2D eigenvalue weighted by Gasteiger charge is 2.23. The van der Waals surface area contributed by atoms with Gasteiger partial charge in [0.15, 0.2) is 0 Å². The maximum atomic E-state index is 12.8. The highest BCUT2D eigenvalue weighted by atomic mass is 31.2. The van der Waals surface area contributed by atoms with E-state index in [-0.39, 0.29) is 12.5 Å². The van der Waals surface area contributed by atoms with Crippen molar-refractivity contribution >= 4 is 13.7 Å². The number of amides is 1. The number of nitrogens with zero attached hydrogens (tertiary/aromatic N) is 1. The minimum Gasteiger partial charge on any atom is -0.756 e. The lowest BCUT2D eigenvalue weighted by atomic mass is 10.1. The summed E-state index contributed by atoms with van der Waals surface area (Å²) < 4.78 is 23.1. The molecular formula is C41H75N2O6P. The Labute approximate surface area is 307 Å². The quantitative estimate of drug-likeness (QED) is 0.0225. The lowest BCUT2D eigenvalue weighted by Gasteiger charge is -2.29. The predicted octanol–water partition coefficient (Wildman–Crippen LogP) is 9.66. The van der Waals surface area contributed by atoms with Gasteiger partial charge in [0.2, 0.25) is 5.91 Å². The highest BCUT2D eigenvalue weighted by molar-refractivity contribution is 7.45. The van der Waals surface area contributed by atoms with E-state index in [1.165, 1.54) is 51.4 Å². The van der Waals surface area contributed by atoms with E-state index >= 15 is 0 Å². The van der Waals surface area contributed by atoms with Gasteiger partial charge in [0.25, 0.3) is 7.82 Å². The van der Waals surface area contributed by atoms with E-state index in [0.717, 1.165) is 70.6 Å². The molecule has 0 bridgehead atoms. The summed E-state index contributed by atoms with van der Waals surface area (Å²) in [7, 11) is 1.21. The number of nitrogens with one attached hydrogen (secondary N) is 1. The second-order valence-corrected chi connectivity index (χ2v) is 15.7. The molecule has 2 N–H and O–H groups in total. The van der Waals surface area contributed by atoms with Crippen LogP contribution in [0.3, 0.4) is 0 Å². The van der Waals surface area contributed by atoms with Gasteiger partial charge in [0, 0.05) is 6.42 Å². The summed E-state index contributed by atoms with van der Waals surface area (Å²) in [6.45, 7) is 4.51. The number of carbonyl (C=O) groups excluding carboxylic acids is 1. The van der Waals surface area contributed by atoms with Crippen molar-refractivity contribution in [1.82, 2.24) is 5.32 Å². The maximum Gasteiger partial charge on any atom is 0.268 e. The summed E-state index contributed by atoms with van der Waals surface area (Å²) in [5, 5.41) is 13.7. The molecule has 0 aromatic rings. The molecule has 0 radical (unpaired) electrons. The molecule has 3 unspecified atom stereocenters. The van der Waals surface area contributed by atoms with Crippen molar-refractivity contribution < 1.29 is 32.9 Å². The summed E-state index contributed by atoms with van der Waals surface area (Å²) in [6, 6.07) is -0.915. The number of phosphoric acid groups is 1. The lowest BCUT2D eigenvalue weighted by molar-refractivity contribution is -0.870.